The van der Waals surface area contributed by atoms with Crippen molar-refractivity contribution in [2.24, 2.45) is 0 Å². The number of urea groups is 1. The zero-order valence-electron chi connectivity index (χ0n) is 14.7. The SMILES string of the molecule is CCOc1ccc(CCNC(=O)Nc2ccc([N+](=O)[O-])cc2)cc1OC. The number of nitro groups is 1. The minimum Gasteiger partial charge on any atom is -0.493 e. The second-order valence-electron chi connectivity index (χ2n) is 5.35. The second kappa shape index (κ2) is 9.26. The Kier molecular flexibility index (Phi) is 6.78. The number of non-ortho nitro benzene ring substituents is 1. The normalized spacial score (nSPS) is 10.1. The van der Waals surface area contributed by atoms with Crippen LogP contribution in [0.15, 0.2) is 42.5 Å². The van der Waals surface area contributed by atoms with Gasteiger partial charge in [-0.15, -0.1) is 0 Å². The monoisotopic (exact) mass is 359 g/mol. The highest BCUT2D eigenvalue weighted by Crippen LogP contribution is 2.28. The van der Waals surface area contributed by atoms with E-state index in [2.05, 4.69) is 10.6 Å². The molecular formula is C18H21N3O5. The lowest BCUT2D eigenvalue weighted by atomic mass is 10.1. The van der Waals surface area contributed by atoms with Gasteiger partial charge >= 0.3 is 6.03 Å². The molecule has 0 heterocycles. The van der Waals surface area contributed by atoms with Crippen LogP contribution in [0.3, 0.4) is 0 Å². The third-order valence-corrected chi connectivity index (χ3v) is 3.56. The van der Waals surface area contributed by atoms with E-state index in [9.17, 15) is 14.9 Å². The van der Waals surface area contributed by atoms with Gasteiger partial charge < -0.3 is 20.1 Å². The van der Waals surface area contributed by atoms with Crippen molar-refractivity contribution in [1.82, 2.24) is 5.32 Å². The fraction of sp³-hybridized carbons (Fsp3) is 0.278. The summed E-state index contributed by atoms with van der Waals surface area (Å²) in [5.41, 5.74) is 1.46. The Hall–Kier alpha value is -3.29. The van der Waals surface area contributed by atoms with Gasteiger partial charge in [0.1, 0.15) is 0 Å². The summed E-state index contributed by atoms with van der Waals surface area (Å²) in [7, 11) is 1.58. The molecule has 138 valence electrons. The van der Waals surface area contributed by atoms with Gasteiger partial charge in [0.05, 0.1) is 18.6 Å². The fourth-order valence-corrected chi connectivity index (χ4v) is 2.30. The lowest BCUT2D eigenvalue weighted by Crippen LogP contribution is -2.30. The van der Waals surface area contributed by atoms with Crippen LogP contribution in [-0.2, 0) is 6.42 Å². The van der Waals surface area contributed by atoms with Crippen LogP contribution < -0.4 is 20.1 Å². The summed E-state index contributed by atoms with van der Waals surface area (Å²) < 4.78 is 10.8. The summed E-state index contributed by atoms with van der Waals surface area (Å²) in [6, 6.07) is 10.9. The quantitative estimate of drug-likeness (QED) is 0.556. The number of ether oxygens (including phenoxy) is 2. The first kappa shape index (κ1) is 19.0. The molecule has 0 atom stereocenters. The van der Waals surface area contributed by atoms with E-state index in [1.165, 1.54) is 24.3 Å². The number of hydrogen-bond donors (Lipinski definition) is 2. The molecule has 2 aromatic carbocycles. The maximum Gasteiger partial charge on any atom is 0.319 e. The molecule has 0 fully saturated rings. The van der Waals surface area contributed by atoms with Gasteiger partial charge in [-0.25, -0.2) is 4.79 Å². The molecule has 0 aliphatic rings. The standard InChI is InChI=1S/C18H21N3O5/c1-3-26-16-9-4-13(12-17(16)25-2)10-11-19-18(22)20-14-5-7-15(8-6-14)21(23)24/h4-9,12H,3,10-11H2,1-2H3,(H2,19,20,22). The Morgan fingerprint density at radius 3 is 2.50 bits per heavy atom. The minimum absolute atomic E-state index is 0.0274. The Morgan fingerprint density at radius 2 is 1.88 bits per heavy atom. The van der Waals surface area contributed by atoms with E-state index in [1.54, 1.807) is 7.11 Å². The minimum atomic E-state index is -0.491. The molecule has 8 nitrogen and oxygen atoms in total. The lowest BCUT2D eigenvalue weighted by Gasteiger charge is -2.11. The third kappa shape index (κ3) is 5.37. The van der Waals surface area contributed by atoms with Crippen molar-refractivity contribution in [3.05, 3.63) is 58.1 Å². The molecule has 2 amide bonds. The van der Waals surface area contributed by atoms with Crippen LogP contribution in [-0.4, -0.2) is 31.2 Å². The van der Waals surface area contributed by atoms with Crippen molar-refractivity contribution >= 4 is 17.4 Å². The zero-order chi connectivity index (χ0) is 18.9. The van der Waals surface area contributed by atoms with Crippen molar-refractivity contribution in [2.45, 2.75) is 13.3 Å². The number of carbonyl (C=O) groups is 1. The number of anilines is 1. The number of nitro benzene ring substituents is 1. The number of carbonyl (C=O) groups excluding carboxylic acids is 1. The molecule has 0 aromatic heterocycles. The predicted octanol–water partition coefficient (Wildman–Crippen LogP) is 3.37. The van der Waals surface area contributed by atoms with Crippen LogP contribution in [0.4, 0.5) is 16.2 Å². The Bertz CT molecular complexity index is 762. The molecule has 0 unspecified atom stereocenters. The van der Waals surface area contributed by atoms with E-state index in [-0.39, 0.29) is 11.7 Å². The van der Waals surface area contributed by atoms with Gasteiger partial charge in [0.2, 0.25) is 0 Å². The Morgan fingerprint density at radius 1 is 1.15 bits per heavy atom. The molecule has 0 spiro atoms. The van der Waals surface area contributed by atoms with E-state index in [4.69, 9.17) is 9.47 Å². The van der Waals surface area contributed by atoms with E-state index in [0.717, 1.165) is 5.56 Å². The number of nitrogens with zero attached hydrogens (tertiary/aromatic N) is 1. The zero-order valence-corrected chi connectivity index (χ0v) is 14.7. The molecule has 0 saturated heterocycles. The summed E-state index contributed by atoms with van der Waals surface area (Å²) in [6.07, 6.45) is 0.621. The van der Waals surface area contributed by atoms with Crippen molar-refractivity contribution in [1.29, 1.82) is 0 Å². The molecule has 26 heavy (non-hydrogen) atoms. The van der Waals surface area contributed by atoms with Gasteiger partial charge in [-0.3, -0.25) is 10.1 Å². The summed E-state index contributed by atoms with van der Waals surface area (Å²) in [4.78, 5) is 22.0. The van der Waals surface area contributed by atoms with Gasteiger partial charge in [-0.05, 0) is 43.2 Å². The first-order valence-electron chi connectivity index (χ1n) is 8.12. The van der Waals surface area contributed by atoms with Crippen LogP contribution in [0, 0.1) is 10.1 Å². The maximum absolute atomic E-state index is 11.9. The number of nitrogens with one attached hydrogen (secondary N) is 2. The van der Waals surface area contributed by atoms with Gasteiger partial charge in [0.25, 0.3) is 5.69 Å². The topological polar surface area (TPSA) is 103 Å². The summed E-state index contributed by atoms with van der Waals surface area (Å²) in [5.74, 6) is 1.34. The summed E-state index contributed by atoms with van der Waals surface area (Å²) in [5, 5.41) is 16.0. The Balaban J connectivity index is 1.83. The average Bonchev–Trinajstić information content (AvgIpc) is 2.63. The van der Waals surface area contributed by atoms with E-state index >= 15 is 0 Å². The van der Waals surface area contributed by atoms with Crippen LogP contribution in [0.1, 0.15) is 12.5 Å². The second-order valence-corrected chi connectivity index (χ2v) is 5.35. The predicted molar refractivity (Wildman–Crippen MR) is 98.0 cm³/mol. The molecular weight excluding hydrogens is 338 g/mol. The van der Waals surface area contributed by atoms with Crippen molar-refractivity contribution in [2.75, 3.05) is 25.6 Å². The van der Waals surface area contributed by atoms with Gasteiger partial charge in [-0.1, -0.05) is 6.07 Å². The molecule has 8 heteroatoms. The van der Waals surface area contributed by atoms with Crippen LogP contribution >= 0.6 is 0 Å². The molecule has 2 N–H and O–H groups in total. The summed E-state index contributed by atoms with van der Waals surface area (Å²) >= 11 is 0. The highest BCUT2D eigenvalue weighted by molar-refractivity contribution is 5.89. The third-order valence-electron chi connectivity index (χ3n) is 3.56. The number of amides is 2. The molecule has 0 bridgehead atoms. The van der Waals surface area contributed by atoms with Crippen LogP contribution in [0.5, 0.6) is 11.5 Å². The number of hydrogen-bond acceptors (Lipinski definition) is 5. The molecule has 2 aromatic rings. The molecule has 2 rings (SSSR count). The maximum atomic E-state index is 11.9. The summed E-state index contributed by atoms with van der Waals surface area (Å²) in [6.45, 7) is 2.89. The first-order chi connectivity index (χ1) is 12.5. The van der Waals surface area contributed by atoms with Crippen LogP contribution in [0.25, 0.3) is 0 Å². The molecule has 0 aliphatic heterocycles. The van der Waals surface area contributed by atoms with Gasteiger partial charge in [0, 0.05) is 24.4 Å². The smallest absolute Gasteiger partial charge is 0.319 e. The fourth-order valence-electron chi connectivity index (χ4n) is 2.30. The average molecular weight is 359 g/mol. The van der Waals surface area contributed by atoms with Gasteiger partial charge in [0.15, 0.2) is 11.5 Å². The molecule has 0 aliphatic carbocycles. The first-order valence-corrected chi connectivity index (χ1v) is 8.12. The lowest BCUT2D eigenvalue weighted by molar-refractivity contribution is -0.384. The number of rotatable bonds is 8. The number of benzene rings is 2. The molecule has 0 radical (unpaired) electrons. The van der Waals surface area contributed by atoms with E-state index in [1.807, 2.05) is 25.1 Å². The number of methoxy groups -OCH3 is 1. The highest BCUT2D eigenvalue weighted by atomic mass is 16.6. The van der Waals surface area contributed by atoms with E-state index < -0.39 is 4.92 Å². The van der Waals surface area contributed by atoms with Crippen molar-refractivity contribution in [3.63, 3.8) is 0 Å². The largest absolute Gasteiger partial charge is 0.493 e. The van der Waals surface area contributed by atoms with Crippen molar-refractivity contribution < 1.29 is 19.2 Å². The van der Waals surface area contributed by atoms with Gasteiger partial charge in [-0.2, -0.15) is 0 Å². The highest BCUT2D eigenvalue weighted by Gasteiger charge is 2.08. The van der Waals surface area contributed by atoms with E-state index in [0.29, 0.717) is 36.8 Å². The Labute approximate surface area is 151 Å². The van der Waals surface area contributed by atoms with Crippen LogP contribution in [0.2, 0.25) is 0 Å². The molecule has 0 saturated carbocycles. The van der Waals surface area contributed by atoms with Crippen molar-refractivity contribution in [3.8, 4) is 11.5 Å².